The van der Waals surface area contributed by atoms with E-state index in [1.54, 1.807) is 0 Å². The Kier molecular flexibility index (Phi) is 5.13. The van der Waals surface area contributed by atoms with Gasteiger partial charge in [-0.1, -0.05) is 6.07 Å². The Morgan fingerprint density at radius 1 is 1.26 bits per heavy atom. The molecule has 2 rings (SSSR count). The third kappa shape index (κ3) is 4.65. The number of hydrogen-bond donors (Lipinski definition) is 1. The zero-order valence-electron chi connectivity index (χ0n) is 12.9. The van der Waals surface area contributed by atoms with Crippen molar-refractivity contribution >= 4 is 5.69 Å². The number of benzene rings is 1. The molecule has 0 saturated carbocycles. The Labute approximate surface area is 132 Å². The summed E-state index contributed by atoms with van der Waals surface area (Å²) in [7, 11) is 0. The second kappa shape index (κ2) is 7.06. The Balaban J connectivity index is 2.02. The predicted octanol–water partition coefficient (Wildman–Crippen LogP) is 1.81. The fourth-order valence-corrected chi connectivity index (χ4v) is 2.26. The highest BCUT2D eigenvalue weighted by Crippen LogP contribution is 2.16. The van der Waals surface area contributed by atoms with Crippen molar-refractivity contribution in [3.05, 3.63) is 68.1 Å². The molecule has 0 saturated heterocycles. The number of pyridine rings is 1. The van der Waals surface area contributed by atoms with Gasteiger partial charge in [0.2, 0.25) is 0 Å². The third-order valence-corrected chi connectivity index (χ3v) is 3.22. The maximum absolute atomic E-state index is 11.7. The van der Waals surface area contributed by atoms with Crippen molar-refractivity contribution in [3.8, 4) is 5.75 Å². The summed E-state index contributed by atoms with van der Waals surface area (Å²) in [6, 6.07) is 7.94. The Morgan fingerprint density at radius 3 is 2.52 bits per heavy atom. The number of aliphatic hydroxyl groups is 1. The predicted molar refractivity (Wildman–Crippen MR) is 84.8 cm³/mol. The minimum Gasteiger partial charge on any atom is -0.491 e. The first-order chi connectivity index (χ1) is 10.8. The average molecular weight is 318 g/mol. The molecule has 1 aromatic carbocycles. The smallest absolute Gasteiger partial charge is 0.285 e. The lowest BCUT2D eigenvalue weighted by Crippen LogP contribution is -2.29. The van der Waals surface area contributed by atoms with Crippen molar-refractivity contribution in [1.82, 2.24) is 4.57 Å². The van der Waals surface area contributed by atoms with Gasteiger partial charge in [-0.05, 0) is 37.1 Å². The fourth-order valence-electron chi connectivity index (χ4n) is 2.26. The van der Waals surface area contributed by atoms with Crippen LogP contribution >= 0.6 is 0 Å². The fraction of sp³-hybridized carbons (Fsp3) is 0.312. The van der Waals surface area contributed by atoms with Crippen LogP contribution in [0.25, 0.3) is 0 Å². The molecule has 0 bridgehead atoms. The Bertz CT molecular complexity index is 749. The number of hydrogen-bond acceptors (Lipinski definition) is 5. The summed E-state index contributed by atoms with van der Waals surface area (Å²) < 4.78 is 6.62. The monoisotopic (exact) mass is 318 g/mol. The first-order valence-electron chi connectivity index (χ1n) is 7.09. The number of aryl methyl sites for hydroxylation is 2. The lowest BCUT2D eigenvalue weighted by atomic mass is 10.1. The van der Waals surface area contributed by atoms with Crippen molar-refractivity contribution in [2.24, 2.45) is 0 Å². The SMILES string of the molecule is Cc1cc(C)cc(OCC(O)Cn2cc([N+](=O)[O-])ccc2=O)c1. The number of nitrogens with zero attached hydrogens (tertiary/aromatic N) is 2. The molecule has 0 aliphatic rings. The van der Waals surface area contributed by atoms with E-state index in [0.29, 0.717) is 5.75 Å². The molecular weight excluding hydrogens is 300 g/mol. The number of rotatable bonds is 6. The molecule has 0 amide bonds. The molecule has 2 aromatic rings. The number of ether oxygens (including phenoxy) is 1. The van der Waals surface area contributed by atoms with Gasteiger partial charge in [-0.25, -0.2) is 0 Å². The van der Waals surface area contributed by atoms with Crippen LogP contribution in [0.15, 0.2) is 41.3 Å². The van der Waals surface area contributed by atoms with Gasteiger partial charge in [0.15, 0.2) is 0 Å². The van der Waals surface area contributed by atoms with Crippen LogP contribution in [0.3, 0.4) is 0 Å². The molecule has 23 heavy (non-hydrogen) atoms. The molecule has 0 aliphatic carbocycles. The lowest BCUT2D eigenvalue weighted by molar-refractivity contribution is -0.385. The second-order valence-corrected chi connectivity index (χ2v) is 5.42. The molecule has 1 heterocycles. The standard InChI is InChI=1S/C16H18N2O5/c1-11-5-12(2)7-15(6-11)23-10-14(19)9-17-8-13(18(21)22)3-4-16(17)20/h3-8,14,19H,9-10H2,1-2H3. The molecule has 0 spiro atoms. The molecule has 0 radical (unpaired) electrons. The molecule has 7 heteroatoms. The van der Waals surface area contributed by atoms with E-state index < -0.39 is 16.6 Å². The van der Waals surface area contributed by atoms with Gasteiger partial charge in [-0.2, -0.15) is 0 Å². The van der Waals surface area contributed by atoms with E-state index in [-0.39, 0.29) is 18.8 Å². The summed E-state index contributed by atoms with van der Waals surface area (Å²) in [5.74, 6) is 0.632. The van der Waals surface area contributed by atoms with E-state index in [0.717, 1.165) is 34.0 Å². The number of nitro groups is 1. The maximum Gasteiger partial charge on any atom is 0.285 e. The minimum atomic E-state index is -0.962. The van der Waals surface area contributed by atoms with Gasteiger partial charge >= 0.3 is 0 Å². The van der Waals surface area contributed by atoms with Crippen LogP contribution in [0.4, 0.5) is 5.69 Å². The maximum atomic E-state index is 11.7. The normalized spacial score (nSPS) is 12.0. The van der Waals surface area contributed by atoms with E-state index in [9.17, 15) is 20.0 Å². The van der Waals surface area contributed by atoms with Gasteiger partial charge in [0.05, 0.1) is 17.7 Å². The quantitative estimate of drug-likeness (QED) is 0.647. The summed E-state index contributed by atoms with van der Waals surface area (Å²) >= 11 is 0. The van der Waals surface area contributed by atoms with Crippen LogP contribution in [0.5, 0.6) is 5.75 Å². The number of aromatic nitrogens is 1. The van der Waals surface area contributed by atoms with E-state index >= 15 is 0 Å². The number of aliphatic hydroxyl groups excluding tert-OH is 1. The first-order valence-corrected chi connectivity index (χ1v) is 7.09. The first kappa shape index (κ1) is 16.7. The largest absolute Gasteiger partial charge is 0.491 e. The summed E-state index contributed by atoms with van der Waals surface area (Å²) in [6.07, 6.45) is 0.151. The zero-order valence-corrected chi connectivity index (χ0v) is 12.9. The highest BCUT2D eigenvalue weighted by molar-refractivity contribution is 5.33. The van der Waals surface area contributed by atoms with Gasteiger partial charge < -0.3 is 14.4 Å². The second-order valence-electron chi connectivity index (χ2n) is 5.42. The van der Waals surface area contributed by atoms with Crippen molar-refractivity contribution in [2.45, 2.75) is 26.5 Å². The molecule has 0 aliphatic heterocycles. The summed E-state index contributed by atoms with van der Waals surface area (Å²) in [5, 5.41) is 20.7. The van der Waals surface area contributed by atoms with Crippen LogP contribution in [0, 0.1) is 24.0 Å². The molecule has 1 N–H and O–H groups in total. The van der Waals surface area contributed by atoms with Gasteiger partial charge in [0, 0.05) is 12.1 Å². The average Bonchev–Trinajstić information content (AvgIpc) is 2.46. The van der Waals surface area contributed by atoms with Crippen molar-refractivity contribution in [1.29, 1.82) is 0 Å². The highest BCUT2D eigenvalue weighted by Gasteiger charge is 2.12. The van der Waals surface area contributed by atoms with Crippen molar-refractivity contribution in [2.75, 3.05) is 6.61 Å². The van der Waals surface area contributed by atoms with Crippen molar-refractivity contribution in [3.63, 3.8) is 0 Å². The van der Waals surface area contributed by atoms with Gasteiger partial charge in [-0.3, -0.25) is 14.9 Å². The zero-order chi connectivity index (χ0) is 17.0. The highest BCUT2D eigenvalue weighted by atomic mass is 16.6. The Morgan fingerprint density at radius 2 is 1.91 bits per heavy atom. The third-order valence-electron chi connectivity index (χ3n) is 3.22. The van der Waals surface area contributed by atoms with Gasteiger partial charge in [0.1, 0.15) is 18.5 Å². The van der Waals surface area contributed by atoms with Crippen LogP contribution in [-0.4, -0.2) is 27.3 Å². The molecule has 0 fully saturated rings. The summed E-state index contributed by atoms with van der Waals surface area (Å²) in [6.45, 7) is 3.79. The molecule has 7 nitrogen and oxygen atoms in total. The summed E-state index contributed by atoms with van der Waals surface area (Å²) in [4.78, 5) is 21.8. The summed E-state index contributed by atoms with van der Waals surface area (Å²) in [5.41, 5.74) is 1.47. The van der Waals surface area contributed by atoms with E-state index in [2.05, 4.69) is 0 Å². The van der Waals surface area contributed by atoms with Crippen LogP contribution < -0.4 is 10.3 Å². The van der Waals surface area contributed by atoms with Gasteiger partial charge in [0.25, 0.3) is 11.2 Å². The Hall–Kier alpha value is -2.67. The van der Waals surface area contributed by atoms with Gasteiger partial charge in [-0.15, -0.1) is 0 Å². The van der Waals surface area contributed by atoms with E-state index in [1.165, 1.54) is 0 Å². The molecule has 122 valence electrons. The van der Waals surface area contributed by atoms with E-state index in [1.807, 2.05) is 32.0 Å². The molecule has 1 aromatic heterocycles. The lowest BCUT2D eigenvalue weighted by Gasteiger charge is -2.14. The molecule has 1 unspecified atom stereocenters. The van der Waals surface area contributed by atoms with Crippen LogP contribution in [0.2, 0.25) is 0 Å². The van der Waals surface area contributed by atoms with Crippen LogP contribution in [-0.2, 0) is 6.54 Å². The molecule has 1 atom stereocenters. The minimum absolute atomic E-state index is 0.0158. The van der Waals surface area contributed by atoms with E-state index in [4.69, 9.17) is 4.74 Å². The van der Waals surface area contributed by atoms with Crippen molar-refractivity contribution < 1.29 is 14.8 Å². The van der Waals surface area contributed by atoms with Crippen LogP contribution in [0.1, 0.15) is 11.1 Å². The topological polar surface area (TPSA) is 94.6 Å². The molecular formula is C16H18N2O5.